The maximum Gasteiger partial charge on any atom is 0.253 e. The molecule has 0 bridgehead atoms. The van der Waals surface area contributed by atoms with Gasteiger partial charge in [0.2, 0.25) is 0 Å². The summed E-state index contributed by atoms with van der Waals surface area (Å²) in [6.07, 6.45) is 0.927. The number of nitrogens with zero attached hydrogens (tertiary/aromatic N) is 6. The molecular weight excluding hydrogens is 470 g/mol. The number of hydrogen-bond donors (Lipinski definition) is 1. The number of hydrogen-bond acceptors (Lipinski definition) is 8. The molecule has 1 aliphatic rings. The molecule has 2 aromatic heterocycles. The van der Waals surface area contributed by atoms with E-state index in [-0.39, 0.29) is 11.6 Å². The summed E-state index contributed by atoms with van der Waals surface area (Å²) in [7, 11) is 3.32. The predicted octanol–water partition coefficient (Wildman–Crippen LogP) is 2.64. The number of aromatic amines is 1. The van der Waals surface area contributed by atoms with Crippen LogP contribution in [0.4, 0.5) is 5.69 Å². The van der Waals surface area contributed by atoms with Crippen molar-refractivity contribution in [3.8, 4) is 5.75 Å². The molecule has 1 aliphatic heterocycles. The van der Waals surface area contributed by atoms with Crippen molar-refractivity contribution in [2.24, 2.45) is 0 Å². The third-order valence-electron chi connectivity index (χ3n) is 7.07. The number of methoxy groups -OCH3 is 2. The number of aryl methyl sites for hydroxylation is 1. The summed E-state index contributed by atoms with van der Waals surface area (Å²) in [6.45, 7) is 6.24. The Morgan fingerprint density at radius 2 is 1.81 bits per heavy atom. The fourth-order valence-electron chi connectivity index (χ4n) is 4.97. The minimum absolute atomic E-state index is 0.124. The molecule has 1 saturated heterocycles. The van der Waals surface area contributed by atoms with Gasteiger partial charge in [-0.2, -0.15) is 0 Å². The third kappa shape index (κ3) is 5.21. The minimum Gasteiger partial charge on any atom is -0.497 e. The summed E-state index contributed by atoms with van der Waals surface area (Å²) in [5.74, 6) is 1.48. The number of anilines is 1. The highest BCUT2D eigenvalue weighted by molar-refractivity contribution is 5.80. The first-order valence-corrected chi connectivity index (χ1v) is 12.6. The molecule has 4 aromatic rings. The molecule has 1 N–H and O–H groups in total. The van der Waals surface area contributed by atoms with Crippen molar-refractivity contribution in [1.82, 2.24) is 30.1 Å². The first-order chi connectivity index (χ1) is 18.1. The van der Waals surface area contributed by atoms with E-state index < -0.39 is 0 Å². The molecule has 0 amide bonds. The lowest BCUT2D eigenvalue weighted by Gasteiger charge is -2.39. The third-order valence-corrected chi connectivity index (χ3v) is 7.07. The van der Waals surface area contributed by atoms with Gasteiger partial charge in [0.15, 0.2) is 5.82 Å². The van der Waals surface area contributed by atoms with E-state index in [4.69, 9.17) is 9.47 Å². The van der Waals surface area contributed by atoms with Gasteiger partial charge in [0.25, 0.3) is 5.56 Å². The van der Waals surface area contributed by atoms with Gasteiger partial charge in [-0.25, -0.2) is 4.68 Å². The van der Waals surface area contributed by atoms with Crippen LogP contribution in [0.1, 0.15) is 29.9 Å². The van der Waals surface area contributed by atoms with E-state index in [0.717, 1.165) is 54.9 Å². The Morgan fingerprint density at radius 3 is 2.51 bits per heavy atom. The van der Waals surface area contributed by atoms with Crippen molar-refractivity contribution in [3.63, 3.8) is 0 Å². The van der Waals surface area contributed by atoms with E-state index in [9.17, 15) is 4.79 Å². The van der Waals surface area contributed by atoms with E-state index in [1.807, 2.05) is 24.3 Å². The zero-order valence-electron chi connectivity index (χ0n) is 21.6. The van der Waals surface area contributed by atoms with Crippen molar-refractivity contribution < 1.29 is 9.47 Å². The average molecular weight is 504 g/mol. The van der Waals surface area contributed by atoms with Crippen molar-refractivity contribution >= 4 is 16.6 Å². The van der Waals surface area contributed by atoms with Gasteiger partial charge in [0.05, 0.1) is 20.3 Å². The molecule has 5 rings (SSSR count). The van der Waals surface area contributed by atoms with Crippen LogP contribution in [-0.4, -0.2) is 77.1 Å². The molecule has 10 heteroatoms. The van der Waals surface area contributed by atoms with Crippen LogP contribution in [0.15, 0.2) is 53.3 Å². The lowest BCUT2D eigenvalue weighted by molar-refractivity contribution is 0.171. The SMILES string of the molecule is CCc1ccc2[nH]c(=O)c(C(c3nnnn3CCOC)N3CCN(c4ccc(OC)cc4)CC3)cc2c1. The molecule has 0 radical (unpaired) electrons. The van der Waals surface area contributed by atoms with E-state index in [0.29, 0.717) is 24.5 Å². The van der Waals surface area contributed by atoms with E-state index in [1.54, 1.807) is 18.9 Å². The van der Waals surface area contributed by atoms with Crippen LogP contribution in [0.3, 0.4) is 0 Å². The number of ether oxygens (including phenoxy) is 2. The van der Waals surface area contributed by atoms with Crippen molar-refractivity contribution in [2.45, 2.75) is 25.9 Å². The van der Waals surface area contributed by atoms with E-state index in [2.05, 4.69) is 61.5 Å². The topological polar surface area (TPSA) is 101 Å². The Balaban J connectivity index is 1.50. The zero-order chi connectivity index (χ0) is 25.8. The molecule has 0 spiro atoms. The lowest BCUT2D eigenvalue weighted by Crippen LogP contribution is -2.49. The normalized spacial score (nSPS) is 15.3. The van der Waals surface area contributed by atoms with Crippen LogP contribution in [0, 0.1) is 0 Å². The average Bonchev–Trinajstić information content (AvgIpc) is 3.40. The Kier molecular flexibility index (Phi) is 7.47. The van der Waals surface area contributed by atoms with Gasteiger partial charge in [-0.15, -0.1) is 5.10 Å². The Bertz CT molecular complexity index is 1390. The number of piperazine rings is 1. The number of pyridine rings is 1. The second-order valence-electron chi connectivity index (χ2n) is 9.21. The monoisotopic (exact) mass is 503 g/mol. The summed E-state index contributed by atoms with van der Waals surface area (Å²) >= 11 is 0. The fourth-order valence-corrected chi connectivity index (χ4v) is 4.97. The molecule has 3 heterocycles. The summed E-state index contributed by atoms with van der Waals surface area (Å²) < 4.78 is 12.3. The predicted molar refractivity (Wildman–Crippen MR) is 142 cm³/mol. The summed E-state index contributed by atoms with van der Waals surface area (Å²) in [4.78, 5) is 21.2. The number of aromatic nitrogens is 5. The van der Waals surface area contributed by atoms with Crippen molar-refractivity contribution in [2.75, 3.05) is 51.9 Å². The molecule has 1 atom stereocenters. The largest absolute Gasteiger partial charge is 0.497 e. The van der Waals surface area contributed by atoms with E-state index in [1.165, 1.54) is 5.56 Å². The molecule has 1 unspecified atom stereocenters. The van der Waals surface area contributed by atoms with Crippen LogP contribution >= 0.6 is 0 Å². The van der Waals surface area contributed by atoms with Gasteiger partial charge in [-0.1, -0.05) is 13.0 Å². The van der Waals surface area contributed by atoms with E-state index >= 15 is 0 Å². The smallest absolute Gasteiger partial charge is 0.253 e. The quantitative estimate of drug-likeness (QED) is 0.372. The zero-order valence-corrected chi connectivity index (χ0v) is 21.6. The second-order valence-corrected chi connectivity index (χ2v) is 9.21. The summed E-state index contributed by atoms with van der Waals surface area (Å²) in [5, 5.41) is 13.6. The second kappa shape index (κ2) is 11.1. The van der Waals surface area contributed by atoms with Gasteiger partial charge in [-0.05, 0) is 70.3 Å². The molecule has 194 valence electrons. The molecule has 1 fully saturated rings. The van der Waals surface area contributed by atoms with Crippen molar-refractivity contribution in [3.05, 3.63) is 75.8 Å². The highest BCUT2D eigenvalue weighted by Gasteiger charge is 2.32. The molecule has 0 saturated carbocycles. The lowest BCUT2D eigenvalue weighted by atomic mass is 10.0. The van der Waals surface area contributed by atoms with Crippen LogP contribution in [0.5, 0.6) is 5.75 Å². The molecule has 2 aromatic carbocycles. The van der Waals surface area contributed by atoms with Gasteiger partial charge >= 0.3 is 0 Å². The van der Waals surface area contributed by atoms with Crippen LogP contribution in [0.2, 0.25) is 0 Å². The van der Waals surface area contributed by atoms with Gasteiger partial charge in [0, 0.05) is 50.1 Å². The standard InChI is InChI=1S/C27H33N7O3/c1-4-19-5-10-24-20(17-19)18-23(27(35)28-24)25(26-29-30-31-34(26)15-16-36-2)33-13-11-32(12-14-33)21-6-8-22(37-3)9-7-21/h5-10,17-18,25H,4,11-16H2,1-3H3,(H,28,35). The first kappa shape index (κ1) is 24.9. The van der Waals surface area contributed by atoms with Crippen LogP contribution < -0.4 is 15.2 Å². The highest BCUT2D eigenvalue weighted by atomic mass is 16.5. The maximum atomic E-state index is 13.4. The maximum absolute atomic E-state index is 13.4. The number of tetrazole rings is 1. The first-order valence-electron chi connectivity index (χ1n) is 12.6. The van der Waals surface area contributed by atoms with Gasteiger partial charge < -0.3 is 19.4 Å². The van der Waals surface area contributed by atoms with Crippen LogP contribution in [-0.2, 0) is 17.7 Å². The Hall–Kier alpha value is -3.76. The van der Waals surface area contributed by atoms with Crippen LogP contribution in [0.25, 0.3) is 10.9 Å². The highest BCUT2D eigenvalue weighted by Crippen LogP contribution is 2.29. The molecule has 37 heavy (non-hydrogen) atoms. The number of fused-ring (bicyclic) bond motifs is 1. The number of benzene rings is 2. The van der Waals surface area contributed by atoms with Gasteiger partial charge in [-0.3, -0.25) is 9.69 Å². The van der Waals surface area contributed by atoms with Gasteiger partial charge in [0.1, 0.15) is 11.8 Å². The summed E-state index contributed by atoms with van der Waals surface area (Å²) in [6, 6.07) is 15.9. The number of rotatable bonds is 9. The fraction of sp³-hybridized carbons (Fsp3) is 0.407. The summed E-state index contributed by atoms with van der Waals surface area (Å²) in [5.41, 5.74) is 3.72. The number of nitrogens with one attached hydrogen (secondary N) is 1. The number of H-pyrrole nitrogens is 1. The molecule has 0 aliphatic carbocycles. The molecule has 10 nitrogen and oxygen atoms in total. The Labute approximate surface area is 215 Å². The Morgan fingerprint density at radius 1 is 1.03 bits per heavy atom. The van der Waals surface area contributed by atoms with Crippen molar-refractivity contribution in [1.29, 1.82) is 0 Å². The molecular formula is C27H33N7O3. The minimum atomic E-state index is -0.386.